The number of benzene rings is 2. The van der Waals surface area contributed by atoms with Crippen LogP contribution in [-0.4, -0.2) is 62.2 Å². The van der Waals surface area contributed by atoms with Crippen LogP contribution in [0.2, 0.25) is 0 Å². The van der Waals surface area contributed by atoms with Gasteiger partial charge in [0.1, 0.15) is 0 Å². The molecule has 3 aromatic rings. The van der Waals surface area contributed by atoms with E-state index in [0.29, 0.717) is 28.4 Å². The first-order valence-corrected chi connectivity index (χ1v) is 12.7. The van der Waals surface area contributed by atoms with Crippen molar-refractivity contribution in [2.24, 2.45) is 0 Å². The Bertz CT molecular complexity index is 1320. The molecule has 1 aliphatic heterocycles. The van der Waals surface area contributed by atoms with Crippen LogP contribution in [0.5, 0.6) is 17.2 Å². The molecular formula is C29H35N3O5. The number of hydrogen-bond acceptors (Lipinski definition) is 6. The summed E-state index contributed by atoms with van der Waals surface area (Å²) >= 11 is 0. The van der Waals surface area contributed by atoms with E-state index in [2.05, 4.69) is 34.7 Å². The molecule has 0 atom stereocenters. The maximum absolute atomic E-state index is 13.2. The van der Waals surface area contributed by atoms with Gasteiger partial charge in [0.05, 0.1) is 32.5 Å². The molecule has 2 aromatic carbocycles. The van der Waals surface area contributed by atoms with Crippen molar-refractivity contribution < 1.29 is 23.8 Å². The topological polar surface area (TPSA) is 82.0 Å². The second-order valence-electron chi connectivity index (χ2n) is 8.99. The molecule has 8 nitrogen and oxygen atoms in total. The van der Waals surface area contributed by atoms with Crippen molar-refractivity contribution >= 4 is 33.9 Å². The van der Waals surface area contributed by atoms with Crippen LogP contribution >= 0.6 is 0 Å². The number of aromatic nitrogens is 1. The second-order valence-corrected chi connectivity index (χ2v) is 8.99. The molecule has 2 amide bonds. The Kier molecular flexibility index (Phi) is 8.18. The Morgan fingerprint density at radius 2 is 1.57 bits per heavy atom. The zero-order valence-corrected chi connectivity index (χ0v) is 22.2. The number of aryl methyl sites for hydroxylation is 1. The summed E-state index contributed by atoms with van der Waals surface area (Å²) in [5, 5.41) is 3.41. The molecule has 0 saturated carbocycles. The fourth-order valence-corrected chi connectivity index (χ4v) is 5.05. The number of ether oxygens (including phenoxy) is 3. The highest BCUT2D eigenvalue weighted by Crippen LogP contribution is 2.43. The van der Waals surface area contributed by atoms with Crippen LogP contribution < -0.4 is 19.5 Å². The molecule has 0 radical (unpaired) electrons. The van der Waals surface area contributed by atoms with E-state index in [1.165, 1.54) is 21.3 Å². The molecule has 4 rings (SSSR count). The molecule has 37 heavy (non-hydrogen) atoms. The largest absolute Gasteiger partial charge is 0.493 e. The SMILES string of the molecule is CCCN(CC)CCCn1cc(C2=C(c3cc(OC)c(OC)c(OC)c3)C(=O)NC2=O)c2ccccc21. The van der Waals surface area contributed by atoms with Crippen molar-refractivity contribution in [1.29, 1.82) is 0 Å². The molecule has 0 spiro atoms. The molecule has 1 N–H and O–H groups in total. The second kappa shape index (κ2) is 11.5. The van der Waals surface area contributed by atoms with E-state index in [4.69, 9.17) is 14.2 Å². The number of hydrogen-bond donors (Lipinski definition) is 1. The number of imide groups is 1. The van der Waals surface area contributed by atoms with E-state index in [9.17, 15) is 9.59 Å². The van der Waals surface area contributed by atoms with Crippen molar-refractivity contribution in [3.63, 3.8) is 0 Å². The van der Waals surface area contributed by atoms with Crippen LogP contribution in [0.4, 0.5) is 0 Å². The predicted molar refractivity (Wildman–Crippen MR) is 145 cm³/mol. The Morgan fingerprint density at radius 3 is 2.19 bits per heavy atom. The minimum absolute atomic E-state index is 0.285. The lowest BCUT2D eigenvalue weighted by molar-refractivity contribution is -0.122. The summed E-state index contributed by atoms with van der Waals surface area (Å²) in [6.07, 6.45) is 4.10. The number of para-hydroxylation sites is 1. The monoisotopic (exact) mass is 505 g/mol. The van der Waals surface area contributed by atoms with Gasteiger partial charge in [0, 0.05) is 29.2 Å². The molecule has 0 fully saturated rings. The van der Waals surface area contributed by atoms with Gasteiger partial charge >= 0.3 is 0 Å². The lowest BCUT2D eigenvalue weighted by Gasteiger charge is -2.19. The zero-order chi connectivity index (χ0) is 26.5. The first-order chi connectivity index (χ1) is 18.0. The highest BCUT2D eigenvalue weighted by atomic mass is 16.5. The predicted octanol–water partition coefficient (Wildman–Crippen LogP) is 4.36. The summed E-state index contributed by atoms with van der Waals surface area (Å²) in [5.41, 5.74) is 2.90. The number of rotatable bonds is 12. The van der Waals surface area contributed by atoms with E-state index in [1.807, 2.05) is 24.4 Å². The van der Waals surface area contributed by atoms with Gasteiger partial charge < -0.3 is 23.7 Å². The van der Waals surface area contributed by atoms with Gasteiger partial charge in [-0.25, -0.2) is 0 Å². The number of carbonyl (C=O) groups excluding carboxylic acids is 2. The van der Waals surface area contributed by atoms with Crippen molar-refractivity contribution in [3.05, 3.63) is 53.7 Å². The van der Waals surface area contributed by atoms with Gasteiger partial charge in [0.15, 0.2) is 11.5 Å². The first kappa shape index (κ1) is 26.3. The van der Waals surface area contributed by atoms with E-state index in [1.54, 1.807) is 12.1 Å². The quantitative estimate of drug-likeness (QED) is 0.369. The third kappa shape index (κ3) is 5.06. The maximum atomic E-state index is 13.2. The minimum Gasteiger partial charge on any atom is -0.493 e. The van der Waals surface area contributed by atoms with Crippen LogP contribution in [0.25, 0.3) is 22.0 Å². The van der Waals surface area contributed by atoms with E-state index >= 15 is 0 Å². The van der Waals surface area contributed by atoms with Crippen LogP contribution in [-0.2, 0) is 16.1 Å². The highest BCUT2D eigenvalue weighted by Gasteiger charge is 2.35. The van der Waals surface area contributed by atoms with Crippen molar-refractivity contribution in [3.8, 4) is 17.2 Å². The summed E-state index contributed by atoms with van der Waals surface area (Å²) in [5.74, 6) is 0.360. The van der Waals surface area contributed by atoms with Crippen LogP contribution in [0, 0.1) is 0 Å². The average Bonchev–Trinajstić information content (AvgIpc) is 3.42. The third-order valence-electron chi connectivity index (χ3n) is 6.80. The maximum Gasteiger partial charge on any atom is 0.259 e. The molecule has 0 saturated heterocycles. The van der Waals surface area contributed by atoms with Crippen LogP contribution in [0.15, 0.2) is 42.6 Å². The van der Waals surface area contributed by atoms with Gasteiger partial charge in [-0.15, -0.1) is 0 Å². The smallest absolute Gasteiger partial charge is 0.259 e. The summed E-state index contributed by atoms with van der Waals surface area (Å²) in [6, 6.07) is 11.4. The standard InChI is InChI=1S/C29H35N3O5/c1-6-13-31(7-2)14-10-15-32-18-21(20-11-8-9-12-22(20)32)26-25(28(33)30-29(26)34)19-16-23(35-3)27(37-5)24(17-19)36-4/h8-9,11-12,16-18H,6-7,10,13-15H2,1-5H3,(H,30,33,34). The lowest BCUT2D eigenvalue weighted by Crippen LogP contribution is -2.26. The fourth-order valence-electron chi connectivity index (χ4n) is 5.05. The number of amides is 2. The van der Waals surface area contributed by atoms with E-state index in [-0.39, 0.29) is 5.57 Å². The normalized spacial score (nSPS) is 13.6. The fraction of sp³-hybridized carbons (Fsp3) is 0.379. The van der Waals surface area contributed by atoms with Crippen LogP contribution in [0.1, 0.15) is 37.8 Å². The summed E-state index contributed by atoms with van der Waals surface area (Å²) in [6.45, 7) is 8.31. The third-order valence-corrected chi connectivity index (χ3v) is 6.80. The van der Waals surface area contributed by atoms with Crippen LogP contribution in [0.3, 0.4) is 0 Å². The molecule has 0 aliphatic carbocycles. The molecule has 196 valence electrons. The van der Waals surface area contributed by atoms with Crippen molar-refractivity contribution in [2.45, 2.75) is 33.2 Å². The Balaban J connectivity index is 1.82. The molecule has 8 heteroatoms. The summed E-state index contributed by atoms with van der Waals surface area (Å²) in [4.78, 5) is 28.7. The van der Waals surface area contributed by atoms with Gasteiger partial charge in [-0.1, -0.05) is 32.0 Å². The van der Waals surface area contributed by atoms with E-state index in [0.717, 1.165) is 55.5 Å². The Hall–Kier alpha value is -3.78. The number of methoxy groups -OCH3 is 3. The molecule has 1 aromatic heterocycles. The summed E-state index contributed by atoms with van der Waals surface area (Å²) in [7, 11) is 4.56. The van der Waals surface area contributed by atoms with Gasteiger partial charge in [-0.3, -0.25) is 14.9 Å². The van der Waals surface area contributed by atoms with Crippen molar-refractivity contribution in [1.82, 2.24) is 14.8 Å². The van der Waals surface area contributed by atoms with Gasteiger partial charge in [-0.2, -0.15) is 0 Å². The number of fused-ring (bicyclic) bond motifs is 1. The first-order valence-electron chi connectivity index (χ1n) is 12.7. The van der Waals surface area contributed by atoms with Gasteiger partial charge in [0.2, 0.25) is 5.75 Å². The molecule has 0 bridgehead atoms. The molecular weight excluding hydrogens is 470 g/mol. The number of carbonyl (C=O) groups is 2. The highest BCUT2D eigenvalue weighted by molar-refractivity contribution is 6.50. The Morgan fingerprint density at radius 1 is 0.892 bits per heavy atom. The minimum atomic E-state index is -0.454. The number of nitrogens with one attached hydrogen (secondary N) is 1. The lowest BCUT2D eigenvalue weighted by atomic mass is 9.95. The zero-order valence-electron chi connectivity index (χ0n) is 22.2. The number of nitrogens with zero attached hydrogens (tertiary/aromatic N) is 2. The van der Waals surface area contributed by atoms with Gasteiger partial charge in [0.25, 0.3) is 11.8 Å². The summed E-state index contributed by atoms with van der Waals surface area (Å²) < 4.78 is 18.6. The van der Waals surface area contributed by atoms with Gasteiger partial charge in [-0.05, 0) is 56.2 Å². The average molecular weight is 506 g/mol. The van der Waals surface area contributed by atoms with Crippen molar-refractivity contribution in [2.75, 3.05) is 41.0 Å². The molecule has 2 heterocycles. The molecule has 1 aliphatic rings. The molecule has 0 unspecified atom stereocenters. The van der Waals surface area contributed by atoms with E-state index < -0.39 is 11.8 Å². The Labute approximate surface area is 217 Å².